The standard InChI is InChI=1S/C12H14N2O4S/c15-10(14-4-2-1-3-5-14)7-9-13-12(18)8(19-9)6-11(16)17/h6-7H,1-5H2,(H,13,18)(H,16,17)/b8-6-,9-7-. The lowest BCUT2D eigenvalue weighted by Gasteiger charge is -2.25. The average Bonchev–Trinajstić information content (AvgIpc) is 2.70. The van der Waals surface area contributed by atoms with Gasteiger partial charge in [-0.05, 0) is 19.3 Å². The third-order valence-electron chi connectivity index (χ3n) is 2.86. The maximum atomic E-state index is 11.9. The molecule has 19 heavy (non-hydrogen) atoms. The van der Waals surface area contributed by atoms with Crippen LogP contribution in [0.3, 0.4) is 0 Å². The van der Waals surface area contributed by atoms with Crippen molar-refractivity contribution in [3.63, 3.8) is 0 Å². The number of carbonyl (C=O) groups is 2. The summed E-state index contributed by atoms with van der Waals surface area (Å²) in [6.45, 7) is 1.47. The largest absolute Gasteiger partial charge is 0.478 e. The monoisotopic (exact) mass is 282 g/mol. The number of aliphatic carboxylic acids is 1. The summed E-state index contributed by atoms with van der Waals surface area (Å²) in [4.78, 5) is 38.1. The Morgan fingerprint density at radius 1 is 1.21 bits per heavy atom. The van der Waals surface area contributed by atoms with E-state index in [2.05, 4.69) is 4.98 Å². The Hall–Kier alpha value is -1.89. The van der Waals surface area contributed by atoms with Crippen LogP contribution in [-0.4, -0.2) is 40.0 Å². The molecule has 2 rings (SSSR count). The molecule has 6 nitrogen and oxygen atoms in total. The fourth-order valence-electron chi connectivity index (χ4n) is 1.95. The average molecular weight is 282 g/mol. The van der Waals surface area contributed by atoms with Crippen molar-refractivity contribution in [2.24, 2.45) is 0 Å². The second-order valence-corrected chi connectivity index (χ2v) is 5.38. The molecule has 1 aromatic rings. The highest BCUT2D eigenvalue weighted by Gasteiger charge is 2.14. The Morgan fingerprint density at radius 3 is 2.53 bits per heavy atom. The summed E-state index contributed by atoms with van der Waals surface area (Å²) in [6.07, 6.45) is 5.33. The molecule has 1 amide bonds. The molecule has 7 heteroatoms. The van der Waals surface area contributed by atoms with E-state index < -0.39 is 11.5 Å². The fraction of sp³-hybridized carbons (Fsp3) is 0.417. The lowest BCUT2D eigenvalue weighted by molar-refractivity contribution is -0.129. The summed E-state index contributed by atoms with van der Waals surface area (Å²) in [7, 11) is 0. The summed E-state index contributed by atoms with van der Waals surface area (Å²) in [5, 5.41) is 8.60. The normalized spacial score (nSPS) is 17.8. The number of rotatable bonds is 2. The molecule has 102 valence electrons. The van der Waals surface area contributed by atoms with Crippen molar-refractivity contribution >= 4 is 35.4 Å². The fourth-order valence-corrected chi connectivity index (χ4v) is 2.80. The molecule has 1 fully saturated rings. The summed E-state index contributed by atoms with van der Waals surface area (Å²) in [6, 6.07) is 0. The number of aromatic nitrogens is 1. The van der Waals surface area contributed by atoms with E-state index in [1.54, 1.807) is 4.90 Å². The zero-order chi connectivity index (χ0) is 13.8. The first-order valence-electron chi connectivity index (χ1n) is 6.00. The number of carboxylic acid groups (broad SMARTS) is 1. The predicted octanol–water partition coefficient (Wildman–Crippen LogP) is -0.905. The number of carbonyl (C=O) groups excluding carboxylic acids is 1. The Balaban J connectivity index is 2.26. The maximum absolute atomic E-state index is 11.9. The van der Waals surface area contributed by atoms with Gasteiger partial charge in [0.05, 0.1) is 0 Å². The molecule has 1 saturated heterocycles. The maximum Gasteiger partial charge on any atom is 0.329 e. The minimum atomic E-state index is -1.18. The molecular weight excluding hydrogens is 268 g/mol. The number of likely N-dealkylation sites (tertiary alicyclic amines) is 1. The number of H-pyrrole nitrogens is 1. The van der Waals surface area contributed by atoms with Gasteiger partial charge in [0.15, 0.2) is 0 Å². The van der Waals surface area contributed by atoms with Crippen LogP contribution in [-0.2, 0) is 9.59 Å². The highest BCUT2D eigenvalue weighted by Crippen LogP contribution is 2.08. The number of thiazole rings is 1. The summed E-state index contributed by atoms with van der Waals surface area (Å²) in [5.41, 5.74) is -0.481. The molecule has 0 unspecified atom stereocenters. The van der Waals surface area contributed by atoms with E-state index >= 15 is 0 Å². The Kier molecular flexibility index (Phi) is 4.16. The van der Waals surface area contributed by atoms with Gasteiger partial charge in [0.1, 0.15) is 9.20 Å². The second kappa shape index (κ2) is 5.83. The van der Waals surface area contributed by atoms with E-state index in [-0.39, 0.29) is 10.4 Å². The number of hydrogen-bond donors (Lipinski definition) is 2. The number of aromatic amines is 1. The Morgan fingerprint density at radius 2 is 1.89 bits per heavy atom. The minimum absolute atomic E-state index is 0.0881. The number of nitrogens with one attached hydrogen (secondary N) is 1. The van der Waals surface area contributed by atoms with E-state index in [1.165, 1.54) is 6.08 Å². The van der Waals surface area contributed by atoms with Crippen molar-refractivity contribution in [1.82, 2.24) is 9.88 Å². The Labute approximate surface area is 112 Å². The van der Waals surface area contributed by atoms with Crippen LogP contribution in [0, 0.1) is 0 Å². The molecule has 1 aliphatic heterocycles. The molecule has 0 aromatic carbocycles. The van der Waals surface area contributed by atoms with Gasteiger partial charge in [0.25, 0.3) is 5.56 Å². The third kappa shape index (κ3) is 3.54. The second-order valence-electron chi connectivity index (χ2n) is 4.30. The molecule has 1 aromatic heterocycles. The van der Waals surface area contributed by atoms with Crippen LogP contribution in [0.2, 0.25) is 0 Å². The van der Waals surface area contributed by atoms with Gasteiger partial charge >= 0.3 is 5.97 Å². The molecule has 2 heterocycles. The lowest BCUT2D eigenvalue weighted by Crippen LogP contribution is -2.35. The Bertz CT molecular complexity index is 652. The van der Waals surface area contributed by atoms with Gasteiger partial charge < -0.3 is 15.0 Å². The van der Waals surface area contributed by atoms with Crippen LogP contribution >= 0.6 is 11.3 Å². The number of amides is 1. The topological polar surface area (TPSA) is 90.5 Å². The van der Waals surface area contributed by atoms with Crippen molar-refractivity contribution in [3.8, 4) is 0 Å². The van der Waals surface area contributed by atoms with Crippen molar-refractivity contribution in [3.05, 3.63) is 19.5 Å². The van der Waals surface area contributed by atoms with Crippen molar-refractivity contribution in [1.29, 1.82) is 0 Å². The number of nitrogens with zero attached hydrogens (tertiary/aromatic N) is 1. The van der Waals surface area contributed by atoms with Gasteiger partial charge in [-0.1, -0.05) is 0 Å². The van der Waals surface area contributed by atoms with E-state index in [9.17, 15) is 14.4 Å². The molecule has 0 atom stereocenters. The highest BCUT2D eigenvalue weighted by atomic mass is 32.1. The van der Waals surface area contributed by atoms with Gasteiger partial charge in [-0.25, -0.2) is 4.79 Å². The van der Waals surface area contributed by atoms with Crippen LogP contribution in [0.5, 0.6) is 0 Å². The minimum Gasteiger partial charge on any atom is -0.478 e. The third-order valence-corrected chi connectivity index (χ3v) is 3.82. The van der Waals surface area contributed by atoms with Crippen LogP contribution in [0.25, 0.3) is 12.2 Å². The number of carboxylic acids is 1. The SMILES string of the molecule is O=C(O)/C=c1\s/c(=C\C(=O)N2CCCCC2)[nH]c1=O. The zero-order valence-electron chi connectivity index (χ0n) is 10.2. The quantitative estimate of drug-likeness (QED) is 0.735. The van der Waals surface area contributed by atoms with Crippen molar-refractivity contribution in [2.75, 3.05) is 13.1 Å². The molecule has 0 saturated carbocycles. The number of hydrogen-bond acceptors (Lipinski definition) is 4. The molecule has 0 spiro atoms. The van der Waals surface area contributed by atoms with Crippen molar-refractivity contribution < 1.29 is 14.7 Å². The van der Waals surface area contributed by atoms with E-state index in [1.807, 2.05) is 0 Å². The van der Waals surface area contributed by atoms with Gasteiger partial charge in [-0.2, -0.15) is 0 Å². The van der Waals surface area contributed by atoms with Crippen LogP contribution in [0.4, 0.5) is 0 Å². The first-order valence-corrected chi connectivity index (χ1v) is 6.82. The van der Waals surface area contributed by atoms with Gasteiger partial charge in [0, 0.05) is 25.2 Å². The first kappa shape index (κ1) is 13.5. The zero-order valence-corrected chi connectivity index (χ0v) is 11.0. The lowest BCUT2D eigenvalue weighted by atomic mass is 10.1. The van der Waals surface area contributed by atoms with E-state index in [4.69, 9.17) is 5.11 Å². The van der Waals surface area contributed by atoms with E-state index in [0.29, 0.717) is 4.66 Å². The van der Waals surface area contributed by atoms with Gasteiger partial charge in [-0.15, -0.1) is 11.3 Å². The predicted molar refractivity (Wildman–Crippen MR) is 71.2 cm³/mol. The molecular formula is C12H14N2O4S. The first-order chi connectivity index (χ1) is 9.06. The molecule has 0 radical (unpaired) electrons. The summed E-state index contributed by atoms with van der Waals surface area (Å²) >= 11 is 0.973. The van der Waals surface area contributed by atoms with Crippen molar-refractivity contribution in [2.45, 2.75) is 19.3 Å². The van der Waals surface area contributed by atoms with Gasteiger partial charge in [-0.3, -0.25) is 9.59 Å². The smallest absolute Gasteiger partial charge is 0.329 e. The van der Waals surface area contributed by atoms with Crippen LogP contribution < -0.4 is 14.8 Å². The molecule has 0 bridgehead atoms. The van der Waals surface area contributed by atoms with E-state index in [0.717, 1.165) is 49.8 Å². The summed E-state index contributed by atoms with van der Waals surface area (Å²) < 4.78 is 0.471. The molecule has 0 aliphatic carbocycles. The molecule has 2 N–H and O–H groups in total. The number of piperidine rings is 1. The van der Waals surface area contributed by atoms with Gasteiger partial charge in [0.2, 0.25) is 5.91 Å². The van der Waals surface area contributed by atoms with Crippen LogP contribution in [0.1, 0.15) is 19.3 Å². The summed E-state index contributed by atoms with van der Waals surface area (Å²) in [5.74, 6) is -1.32. The molecule has 1 aliphatic rings. The highest BCUT2D eigenvalue weighted by molar-refractivity contribution is 7.07. The van der Waals surface area contributed by atoms with Crippen LogP contribution in [0.15, 0.2) is 4.79 Å².